The SMILES string of the molecule is CN(Cc1cnccn1)c1ccc(-n2ncc(Cl)c(Cl)c2=O)cc1Cl. The van der Waals surface area contributed by atoms with Gasteiger partial charge in [0.1, 0.15) is 5.02 Å². The minimum atomic E-state index is -0.508. The topological polar surface area (TPSA) is 63.9 Å². The maximum absolute atomic E-state index is 12.2. The van der Waals surface area contributed by atoms with Gasteiger partial charge in [-0.15, -0.1) is 0 Å². The molecule has 0 saturated carbocycles. The Hall–Kier alpha value is -2.15. The van der Waals surface area contributed by atoms with E-state index >= 15 is 0 Å². The summed E-state index contributed by atoms with van der Waals surface area (Å²) in [6.45, 7) is 0.540. The molecule has 6 nitrogen and oxygen atoms in total. The Bertz CT molecular complexity index is 962. The van der Waals surface area contributed by atoms with Crippen LogP contribution >= 0.6 is 34.8 Å². The van der Waals surface area contributed by atoms with Crippen molar-refractivity contribution in [1.29, 1.82) is 0 Å². The number of rotatable bonds is 4. The van der Waals surface area contributed by atoms with Gasteiger partial charge in [0.05, 0.1) is 46.1 Å². The molecular weight excluding hydrogens is 385 g/mol. The first-order chi connectivity index (χ1) is 12.0. The fraction of sp³-hybridized carbons (Fsp3) is 0.125. The molecule has 2 heterocycles. The van der Waals surface area contributed by atoms with E-state index in [9.17, 15) is 4.79 Å². The highest BCUT2D eigenvalue weighted by atomic mass is 35.5. The van der Waals surface area contributed by atoms with E-state index in [1.807, 2.05) is 11.9 Å². The highest BCUT2D eigenvalue weighted by molar-refractivity contribution is 6.41. The van der Waals surface area contributed by atoms with Gasteiger partial charge in [-0.25, -0.2) is 0 Å². The predicted octanol–water partition coefficient (Wildman–Crippen LogP) is 3.62. The van der Waals surface area contributed by atoms with Crippen LogP contribution in [0.15, 0.2) is 47.8 Å². The Labute approximate surface area is 158 Å². The van der Waals surface area contributed by atoms with Crippen molar-refractivity contribution in [2.75, 3.05) is 11.9 Å². The average molecular weight is 397 g/mol. The molecule has 0 unspecified atom stereocenters. The molecule has 3 aromatic rings. The van der Waals surface area contributed by atoms with Crippen LogP contribution < -0.4 is 10.5 Å². The number of hydrogen-bond donors (Lipinski definition) is 0. The van der Waals surface area contributed by atoms with E-state index in [4.69, 9.17) is 34.8 Å². The molecule has 0 aliphatic heterocycles. The van der Waals surface area contributed by atoms with E-state index in [1.54, 1.807) is 36.8 Å². The van der Waals surface area contributed by atoms with E-state index in [0.29, 0.717) is 17.3 Å². The number of halogens is 3. The lowest BCUT2D eigenvalue weighted by atomic mass is 10.2. The van der Waals surface area contributed by atoms with Crippen molar-refractivity contribution in [3.63, 3.8) is 0 Å². The minimum absolute atomic E-state index is 0.0864. The summed E-state index contributed by atoms with van der Waals surface area (Å²) in [7, 11) is 1.89. The van der Waals surface area contributed by atoms with E-state index < -0.39 is 5.56 Å². The summed E-state index contributed by atoms with van der Waals surface area (Å²) in [5.74, 6) is 0. The van der Waals surface area contributed by atoms with Crippen molar-refractivity contribution in [3.8, 4) is 5.69 Å². The lowest BCUT2D eigenvalue weighted by molar-refractivity contribution is 0.806. The van der Waals surface area contributed by atoms with E-state index in [0.717, 1.165) is 16.1 Å². The van der Waals surface area contributed by atoms with Crippen LogP contribution in [0.1, 0.15) is 5.69 Å². The monoisotopic (exact) mass is 395 g/mol. The highest BCUT2D eigenvalue weighted by Gasteiger charge is 2.13. The Morgan fingerprint density at radius 2 is 1.92 bits per heavy atom. The summed E-state index contributed by atoms with van der Waals surface area (Å²) >= 11 is 18.1. The van der Waals surface area contributed by atoms with Crippen LogP contribution in [0.25, 0.3) is 5.69 Å². The minimum Gasteiger partial charge on any atom is -0.367 e. The molecule has 0 spiro atoms. The quantitative estimate of drug-likeness (QED) is 0.674. The molecule has 0 bridgehead atoms. The maximum Gasteiger partial charge on any atom is 0.291 e. The maximum atomic E-state index is 12.2. The fourth-order valence-electron chi connectivity index (χ4n) is 2.27. The van der Waals surface area contributed by atoms with Crippen LogP contribution in [-0.4, -0.2) is 26.8 Å². The van der Waals surface area contributed by atoms with Gasteiger partial charge in [-0.05, 0) is 18.2 Å². The Morgan fingerprint density at radius 1 is 1.12 bits per heavy atom. The van der Waals surface area contributed by atoms with Crippen LogP contribution in [0.2, 0.25) is 15.1 Å². The van der Waals surface area contributed by atoms with Crippen LogP contribution in [-0.2, 0) is 6.54 Å². The second-order valence-electron chi connectivity index (χ2n) is 5.21. The zero-order valence-corrected chi connectivity index (χ0v) is 15.3. The number of nitrogens with zero attached hydrogens (tertiary/aromatic N) is 5. The number of aromatic nitrogens is 4. The molecule has 0 aliphatic rings. The third kappa shape index (κ3) is 3.76. The lowest BCUT2D eigenvalue weighted by Crippen LogP contribution is -2.22. The third-order valence-corrected chi connectivity index (χ3v) is 4.53. The van der Waals surface area contributed by atoms with Gasteiger partial charge in [0.25, 0.3) is 5.56 Å². The zero-order chi connectivity index (χ0) is 18.0. The molecule has 0 radical (unpaired) electrons. The van der Waals surface area contributed by atoms with Gasteiger partial charge in [-0.2, -0.15) is 9.78 Å². The first kappa shape index (κ1) is 17.7. The van der Waals surface area contributed by atoms with Crippen LogP contribution in [0.3, 0.4) is 0 Å². The van der Waals surface area contributed by atoms with Crippen molar-refractivity contribution in [3.05, 3.63) is 74.1 Å². The van der Waals surface area contributed by atoms with Crippen molar-refractivity contribution >= 4 is 40.5 Å². The molecule has 9 heteroatoms. The molecule has 0 fully saturated rings. The zero-order valence-electron chi connectivity index (χ0n) is 13.0. The number of benzene rings is 1. The first-order valence-electron chi connectivity index (χ1n) is 7.16. The number of anilines is 1. The normalized spacial score (nSPS) is 10.7. The average Bonchev–Trinajstić information content (AvgIpc) is 2.60. The molecule has 2 aromatic heterocycles. The molecule has 1 aromatic carbocycles. The van der Waals surface area contributed by atoms with Gasteiger partial charge in [-0.1, -0.05) is 34.8 Å². The Morgan fingerprint density at radius 3 is 2.60 bits per heavy atom. The van der Waals surface area contributed by atoms with Crippen molar-refractivity contribution in [2.45, 2.75) is 6.54 Å². The standard InChI is InChI=1S/C16H12Cl3N5O/c1-23(9-10-7-20-4-5-21-10)14-3-2-11(6-12(14)17)24-16(25)15(19)13(18)8-22-24/h2-8H,9H2,1H3. The molecular formula is C16H12Cl3N5O. The van der Waals surface area contributed by atoms with Crippen molar-refractivity contribution < 1.29 is 0 Å². The third-order valence-electron chi connectivity index (χ3n) is 3.48. The van der Waals surface area contributed by atoms with Crippen molar-refractivity contribution in [1.82, 2.24) is 19.7 Å². The van der Waals surface area contributed by atoms with Gasteiger partial charge >= 0.3 is 0 Å². The van der Waals surface area contributed by atoms with Gasteiger partial charge in [0, 0.05) is 19.4 Å². The van der Waals surface area contributed by atoms with Gasteiger partial charge in [0.2, 0.25) is 0 Å². The second kappa shape index (κ2) is 7.39. The molecule has 128 valence electrons. The number of hydrogen-bond acceptors (Lipinski definition) is 5. The predicted molar refractivity (Wildman–Crippen MR) is 99.0 cm³/mol. The molecule has 0 atom stereocenters. The summed E-state index contributed by atoms with van der Waals surface area (Å²) in [5.41, 5.74) is 1.58. The van der Waals surface area contributed by atoms with Gasteiger partial charge in [-0.3, -0.25) is 14.8 Å². The fourth-order valence-corrected chi connectivity index (χ4v) is 2.85. The van der Waals surface area contributed by atoms with Crippen LogP contribution in [0.4, 0.5) is 5.69 Å². The molecule has 3 rings (SSSR count). The first-order valence-corrected chi connectivity index (χ1v) is 8.30. The Balaban J connectivity index is 1.91. The molecule has 0 amide bonds. The molecule has 0 aliphatic carbocycles. The summed E-state index contributed by atoms with van der Waals surface area (Å²) in [6.07, 6.45) is 6.26. The van der Waals surface area contributed by atoms with Gasteiger partial charge < -0.3 is 4.90 Å². The molecule has 25 heavy (non-hydrogen) atoms. The summed E-state index contributed by atoms with van der Waals surface area (Å²) in [6, 6.07) is 5.17. The van der Waals surface area contributed by atoms with E-state index in [1.165, 1.54) is 6.20 Å². The van der Waals surface area contributed by atoms with Crippen molar-refractivity contribution in [2.24, 2.45) is 0 Å². The summed E-state index contributed by atoms with van der Waals surface area (Å²) in [5, 5.41) is 4.47. The van der Waals surface area contributed by atoms with Crippen LogP contribution in [0.5, 0.6) is 0 Å². The van der Waals surface area contributed by atoms with Crippen LogP contribution in [0, 0.1) is 0 Å². The second-order valence-corrected chi connectivity index (χ2v) is 6.40. The van der Waals surface area contributed by atoms with E-state index in [2.05, 4.69) is 15.1 Å². The van der Waals surface area contributed by atoms with E-state index in [-0.39, 0.29) is 10.0 Å². The molecule has 0 N–H and O–H groups in total. The largest absolute Gasteiger partial charge is 0.367 e. The summed E-state index contributed by atoms with van der Waals surface area (Å²) in [4.78, 5) is 22.4. The molecule has 0 saturated heterocycles. The lowest BCUT2D eigenvalue weighted by Gasteiger charge is -2.20. The highest BCUT2D eigenvalue weighted by Crippen LogP contribution is 2.28. The van der Waals surface area contributed by atoms with Gasteiger partial charge in [0.15, 0.2) is 0 Å². The smallest absolute Gasteiger partial charge is 0.291 e. The Kier molecular flexibility index (Phi) is 5.22. The summed E-state index contributed by atoms with van der Waals surface area (Å²) < 4.78 is 1.15.